The number of nitrogens with two attached hydrogens (primary N) is 1. The molecule has 1 aromatic rings. The number of nitrogens with zero attached hydrogens (tertiary/aromatic N) is 1. The zero-order valence-corrected chi connectivity index (χ0v) is 11.4. The van der Waals surface area contributed by atoms with Crippen molar-refractivity contribution < 1.29 is 0 Å². The minimum atomic E-state index is 0.00568. The second kappa shape index (κ2) is 5.92. The van der Waals surface area contributed by atoms with Gasteiger partial charge in [-0.2, -0.15) is 0 Å². The standard InChI is InChI=1S/C13H20ClN3/c1-4-9(2)8-17(3)10-5-6-11(13(15)16)12(14)7-10/h5-7,9H,4,8H2,1-3H3,(H3,15,16). The van der Waals surface area contributed by atoms with E-state index in [2.05, 4.69) is 18.7 Å². The van der Waals surface area contributed by atoms with Gasteiger partial charge in [0, 0.05) is 24.8 Å². The molecule has 4 heteroatoms. The molecule has 0 spiro atoms. The molecule has 0 aromatic heterocycles. The molecule has 0 saturated heterocycles. The summed E-state index contributed by atoms with van der Waals surface area (Å²) in [6.07, 6.45) is 1.16. The summed E-state index contributed by atoms with van der Waals surface area (Å²) >= 11 is 6.09. The minimum absolute atomic E-state index is 0.00568. The summed E-state index contributed by atoms with van der Waals surface area (Å²) in [5, 5.41) is 7.91. The fourth-order valence-electron chi connectivity index (χ4n) is 1.66. The zero-order valence-electron chi connectivity index (χ0n) is 10.6. The lowest BCUT2D eigenvalue weighted by atomic mass is 10.1. The number of amidine groups is 1. The van der Waals surface area contributed by atoms with Crippen molar-refractivity contribution in [2.45, 2.75) is 20.3 Å². The lowest BCUT2D eigenvalue weighted by molar-refractivity contribution is 0.560. The average molecular weight is 254 g/mol. The molecule has 94 valence electrons. The molecule has 0 aliphatic carbocycles. The highest BCUT2D eigenvalue weighted by molar-refractivity contribution is 6.34. The SMILES string of the molecule is CCC(C)CN(C)c1ccc(C(=N)N)c(Cl)c1. The largest absolute Gasteiger partial charge is 0.384 e. The molecule has 17 heavy (non-hydrogen) atoms. The topological polar surface area (TPSA) is 53.1 Å². The normalized spacial score (nSPS) is 12.2. The highest BCUT2D eigenvalue weighted by Crippen LogP contribution is 2.23. The molecule has 1 atom stereocenters. The molecule has 3 nitrogen and oxygen atoms in total. The Hall–Kier alpha value is -1.22. The van der Waals surface area contributed by atoms with Gasteiger partial charge in [-0.15, -0.1) is 0 Å². The lowest BCUT2D eigenvalue weighted by Gasteiger charge is -2.23. The predicted molar refractivity (Wildman–Crippen MR) is 75.2 cm³/mol. The van der Waals surface area contributed by atoms with Gasteiger partial charge in [-0.25, -0.2) is 0 Å². The Bertz CT molecular complexity index is 404. The van der Waals surface area contributed by atoms with Crippen LogP contribution in [0.4, 0.5) is 5.69 Å². The van der Waals surface area contributed by atoms with E-state index in [4.69, 9.17) is 22.7 Å². The predicted octanol–water partition coefficient (Wildman–Crippen LogP) is 3.11. The van der Waals surface area contributed by atoms with Crippen LogP contribution in [0.5, 0.6) is 0 Å². The van der Waals surface area contributed by atoms with Gasteiger partial charge in [0.1, 0.15) is 5.84 Å². The van der Waals surface area contributed by atoms with Gasteiger partial charge in [-0.3, -0.25) is 5.41 Å². The van der Waals surface area contributed by atoms with Crippen molar-refractivity contribution in [3.63, 3.8) is 0 Å². The number of hydrogen-bond acceptors (Lipinski definition) is 2. The van der Waals surface area contributed by atoms with E-state index in [1.807, 2.05) is 19.2 Å². The van der Waals surface area contributed by atoms with Gasteiger partial charge in [0.05, 0.1) is 5.02 Å². The molecular formula is C13H20ClN3. The van der Waals surface area contributed by atoms with E-state index in [1.54, 1.807) is 6.07 Å². The van der Waals surface area contributed by atoms with E-state index in [0.717, 1.165) is 18.7 Å². The highest BCUT2D eigenvalue weighted by Gasteiger charge is 2.09. The molecule has 3 N–H and O–H groups in total. The molecule has 0 amide bonds. The zero-order chi connectivity index (χ0) is 13.0. The van der Waals surface area contributed by atoms with Gasteiger partial charge in [0.15, 0.2) is 0 Å². The van der Waals surface area contributed by atoms with Crippen LogP contribution < -0.4 is 10.6 Å². The fourth-order valence-corrected chi connectivity index (χ4v) is 1.94. The summed E-state index contributed by atoms with van der Waals surface area (Å²) in [4.78, 5) is 2.17. The van der Waals surface area contributed by atoms with Gasteiger partial charge in [0.25, 0.3) is 0 Å². The number of halogens is 1. The molecule has 0 heterocycles. The van der Waals surface area contributed by atoms with Crippen LogP contribution in [0, 0.1) is 11.3 Å². The number of rotatable bonds is 5. The van der Waals surface area contributed by atoms with Crippen LogP contribution >= 0.6 is 11.6 Å². The number of anilines is 1. The summed E-state index contributed by atoms with van der Waals surface area (Å²) in [7, 11) is 2.05. The molecule has 0 aliphatic rings. The van der Waals surface area contributed by atoms with Gasteiger partial charge in [0.2, 0.25) is 0 Å². The van der Waals surface area contributed by atoms with Gasteiger partial charge in [-0.1, -0.05) is 31.9 Å². The Morgan fingerprint density at radius 3 is 2.65 bits per heavy atom. The Morgan fingerprint density at radius 1 is 1.53 bits per heavy atom. The molecule has 0 radical (unpaired) electrons. The Kier molecular flexibility index (Phi) is 4.82. The van der Waals surface area contributed by atoms with Crippen LogP contribution in [0.1, 0.15) is 25.8 Å². The Labute approximate surface area is 108 Å². The summed E-state index contributed by atoms with van der Waals surface area (Å²) < 4.78 is 0. The number of nitrogen functional groups attached to an aromatic ring is 1. The van der Waals surface area contributed by atoms with Crippen LogP contribution in [-0.4, -0.2) is 19.4 Å². The van der Waals surface area contributed by atoms with Crippen LogP contribution in [0.15, 0.2) is 18.2 Å². The highest BCUT2D eigenvalue weighted by atomic mass is 35.5. The van der Waals surface area contributed by atoms with Gasteiger partial charge >= 0.3 is 0 Å². The first-order valence-corrected chi connectivity index (χ1v) is 6.18. The number of benzene rings is 1. The molecular weight excluding hydrogens is 234 g/mol. The molecule has 0 bridgehead atoms. The Balaban J connectivity index is 2.86. The maximum Gasteiger partial charge on any atom is 0.124 e. The van der Waals surface area contributed by atoms with Crippen LogP contribution in [0.3, 0.4) is 0 Å². The molecule has 0 saturated carbocycles. The quantitative estimate of drug-likeness (QED) is 0.626. The summed E-state index contributed by atoms with van der Waals surface area (Å²) in [6, 6.07) is 5.61. The summed E-state index contributed by atoms with van der Waals surface area (Å²) in [6.45, 7) is 5.40. The van der Waals surface area contributed by atoms with Crippen molar-refractivity contribution >= 4 is 23.1 Å². The molecule has 1 rings (SSSR count). The van der Waals surface area contributed by atoms with Crippen LogP contribution in [0.25, 0.3) is 0 Å². The van der Waals surface area contributed by atoms with Crippen LogP contribution in [0.2, 0.25) is 5.02 Å². The lowest BCUT2D eigenvalue weighted by Crippen LogP contribution is -2.23. The average Bonchev–Trinajstić information content (AvgIpc) is 2.28. The molecule has 1 aromatic carbocycles. The first kappa shape index (κ1) is 13.8. The van der Waals surface area contributed by atoms with E-state index in [1.165, 1.54) is 0 Å². The first-order valence-electron chi connectivity index (χ1n) is 5.80. The number of nitrogens with one attached hydrogen (secondary N) is 1. The second-order valence-electron chi connectivity index (χ2n) is 4.47. The third-order valence-electron chi connectivity index (χ3n) is 2.97. The third kappa shape index (κ3) is 3.63. The molecule has 0 fully saturated rings. The fraction of sp³-hybridized carbons (Fsp3) is 0.462. The van der Waals surface area contributed by atoms with Crippen molar-refractivity contribution in [3.05, 3.63) is 28.8 Å². The van der Waals surface area contributed by atoms with Crippen molar-refractivity contribution in [2.24, 2.45) is 11.7 Å². The maximum absolute atomic E-state index is 7.38. The van der Waals surface area contributed by atoms with Crippen molar-refractivity contribution in [2.75, 3.05) is 18.5 Å². The van der Waals surface area contributed by atoms with E-state index in [9.17, 15) is 0 Å². The van der Waals surface area contributed by atoms with E-state index < -0.39 is 0 Å². The van der Waals surface area contributed by atoms with Gasteiger partial charge < -0.3 is 10.6 Å². The monoisotopic (exact) mass is 253 g/mol. The first-order chi connectivity index (χ1) is 7.95. The summed E-state index contributed by atoms with van der Waals surface area (Å²) in [5.74, 6) is 0.650. The number of hydrogen-bond donors (Lipinski definition) is 2. The maximum atomic E-state index is 7.38. The van der Waals surface area contributed by atoms with E-state index in [-0.39, 0.29) is 5.84 Å². The van der Waals surface area contributed by atoms with E-state index >= 15 is 0 Å². The summed E-state index contributed by atoms with van der Waals surface area (Å²) in [5.41, 5.74) is 7.07. The van der Waals surface area contributed by atoms with Crippen LogP contribution in [-0.2, 0) is 0 Å². The molecule has 1 unspecified atom stereocenters. The van der Waals surface area contributed by atoms with E-state index in [0.29, 0.717) is 16.5 Å². The Morgan fingerprint density at radius 2 is 2.18 bits per heavy atom. The smallest absolute Gasteiger partial charge is 0.124 e. The molecule has 0 aliphatic heterocycles. The second-order valence-corrected chi connectivity index (χ2v) is 4.88. The van der Waals surface area contributed by atoms with Crippen molar-refractivity contribution in [1.82, 2.24) is 0 Å². The third-order valence-corrected chi connectivity index (χ3v) is 3.28. The minimum Gasteiger partial charge on any atom is -0.384 e. The van der Waals surface area contributed by atoms with Crippen molar-refractivity contribution in [3.8, 4) is 0 Å². The van der Waals surface area contributed by atoms with Crippen molar-refractivity contribution in [1.29, 1.82) is 5.41 Å². The van der Waals surface area contributed by atoms with Gasteiger partial charge in [-0.05, 0) is 24.1 Å².